The van der Waals surface area contributed by atoms with Gasteiger partial charge in [0.15, 0.2) is 0 Å². The van der Waals surface area contributed by atoms with Gasteiger partial charge in [-0.05, 0) is 37.3 Å². The Bertz CT molecular complexity index is 742. The van der Waals surface area contributed by atoms with E-state index in [2.05, 4.69) is 4.99 Å². The molecule has 2 aromatic carbocycles. The highest BCUT2D eigenvalue weighted by Crippen LogP contribution is 2.23. The molecule has 0 spiro atoms. The number of benzene rings is 2. The fourth-order valence-electron chi connectivity index (χ4n) is 2.20. The van der Waals surface area contributed by atoms with Gasteiger partial charge >= 0.3 is 0 Å². The van der Waals surface area contributed by atoms with Crippen molar-refractivity contribution in [1.29, 1.82) is 0 Å². The molecule has 0 amide bonds. The summed E-state index contributed by atoms with van der Waals surface area (Å²) in [5.74, 6) is 0.250. The molecule has 19 heavy (non-hydrogen) atoms. The molecule has 1 unspecified atom stereocenters. The van der Waals surface area contributed by atoms with Crippen molar-refractivity contribution < 1.29 is 5.11 Å². The van der Waals surface area contributed by atoms with Crippen LogP contribution in [0.1, 0.15) is 6.92 Å². The van der Waals surface area contributed by atoms with Crippen LogP contribution in [-0.2, 0) is 0 Å². The normalized spacial score (nSPS) is 17.4. The third-order valence-corrected chi connectivity index (χ3v) is 3.36. The molecule has 2 aromatic rings. The Labute approximate surface area is 116 Å². The molecule has 4 heteroatoms. The number of rotatable bonds is 1. The van der Waals surface area contributed by atoms with Crippen LogP contribution in [0.25, 0.3) is 6.20 Å². The van der Waals surface area contributed by atoms with Gasteiger partial charge in [-0.2, -0.15) is 0 Å². The first-order valence-electron chi connectivity index (χ1n) is 6.06. The summed E-state index contributed by atoms with van der Waals surface area (Å²) in [6.07, 6.45) is 1.99. The van der Waals surface area contributed by atoms with Gasteiger partial charge in [0.25, 0.3) is 0 Å². The Balaban J connectivity index is 2.13. The van der Waals surface area contributed by atoms with Crippen molar-refractivity contribution in [3.05, 3.63) is 58.1 Å². The number of phenolic OH excluding ortho intramolecular Hbond substituents is 1. The minimum Gasteiger partial charge on any atom is -0.508 e. The number of halogens is 1. The standard InChI is InChI=1S/C15H13ClN2O/c1-10-17-15-7-12(16)6-5-11(15)9-18(10)13-3-2-4-14(19)8-13/h2-10,19H,1H3. The molecule has 1 heterocycles. The largest absolute Gasteiger partial charge is 0.508 e. The van der Waals surface area contributed by atoms with Gasteiger partial charge in [0.1, 0.15) is 11.9 Å². The zero-order valence-electron chi connectivity index (χ0n) is 10.4. The number of nitrogens with zero attached hydrogens (tertiary/aromatic N) is 2. The number of hydrogen-bond acceptors (Lipinski definition) is 3. The molecule has 1 atom stereocenters. The molecule has 3 nitrogen and oxygen atoms in total. The highest BCUT2D eigenvalue weighted by molar-refractivity contribution is 6.30. The van der Waals surface area contributed by atoms with E-state index in [1.807, 2.05) is 48.4 Å². The molecule has 96 valence electrons. The van der Waals surface area contributed by atoms with Crippen LogP contribution in [0.15, 0.2) is 47.5 Å². The number of anilines is 1. The highest BCUT2D eigenvalue weighted by Gasteiger charge is 2.14. The van der Waals surface area contributed by atoms with Crippen LogP contribution in [0.2, 0.25) is 5.02 Å². The molecule has 0 bridgehead atoms. The quantitative estimate of drug-likeness (QED) is 0.864. The SMILES string of the molecule is CC1N=c2cc(Cl)ccc2=CN1c1cccc(O)c1. The van der Waals surface area contributed by atoms with Gasteiger partial charge in [-0.1, -0.05) is 17.7 Å². The minimum atomic E-state index is -0.0345. The number of aromatic hydroxyl groups is 1. The summed E-state index contributed by atoms with van der Waals surface area (Å²) in [7, 11) is 0. The van der Waals surface area contributed by atoms with Crippen molar-refractivity contribution in [2.75, 3.05) is 4.90 Å². The average molecular weight is 273 g/mol. The monoisotopic (exact) mass is 272 g/mol. The van der Waals surface area contributed by atoms with E-state index in [-0.39, 0.29) is 11.9 Å². The Morgan fingerprint density at radius 3 is 2.84 bits per heavy atom. The average Bonchev–Trinajstić information content (AvgIpc) is 2.37. The van der Waals surface area contributed by atoms with Crippen LogP contribution >= 0.6 is 11.6 Å². The Morgan fingerprint density at radius 1 is 1.21 bits per heavy atom. The second kappa shape index (κ2) is 4.59. The maximum absolute atomic E-state index is 9.57. The van der Waals surface area contributed by atoms with Gasteiger partial charge in [0.05, 0.1) is 5.36 Å². The molecule has 1 aliphatic heterocycles. The third-order valence-electron chi connectivity index (χ3n) is 3.13. The maximum Gasteiger partial charge on any atom is 0.122 e. The van der Waals surface area contributed by atoms with Crippen molar-refractivity contribution >= 4 is 23.5 Å². The van der Waals surface area contributed by atoms with E-state index in [9.17, 15) is 5.11 Å². The van der Waals surface area contributed by atoms with Crippen LogP contribution in [0.3, 0.4) is 0 Å². The molecule has 0 fully saturated rings. The lowest BCUT2D eigenvalue weighted by Gasteiger charge is -2.27. The molecular formula is C15H13ClN2O. The van der Waals surface area contributed by atoms with E-state index >= 15 is 0 Å². The third kappa shape index (κ3) is 2.29. The summed E-state index contributed by atoms with van der Waals surface area (Å²) < 4.78 is 0. The second-order valence-corrected chi connectivity index (χ2v) is 4.96. The van der Waals surface area contributed by atoms with Crippen LogP contribution in [0, 0.1) is 0 Å². The first kappa shape index (κ1) is 12.1. The van der Waals surface area contributed by atoms with Gasteiger partial charge in [0, 0.05) is 28.2 Å². The van der Waals surface area contributed by atoms with Crippen molar-refractivity contribution in [1.82, 2.24) is 0 Å². The molecule has 0 radical (unpaired) electrons. The second-order valence-electron chi connectivity index (χ2n) is 4.52. The summed E-state index contributed by atoms with van der Waals surface area (Å²) in [4.78, 5) is 6.65. The first-order chi connectivity index (χ1) is 9.13. The summed E-state index contributed by atoms with van der Waals surface area (Å²) in [5.41, 5.74) is 0.914. The van der Waals surface area contributed by atoms with E-state index < -0.39 is 0 Å². The van der Waals surface area contributed by atoms with E-state index in [1.54, 1.807) is 12.1 Å². The van der Waals surface area contributed by atoms with Crippen molar-refractivity contribution in [3.8, 4) is 5.75 Å². The predicted octanol–water partition coefficient (Wildman–Crippen LogP) is 2.27. The van der Waals surface area contributed by atoms with Gasteiger partial charge in [-0.25, -0.2) is 0 Å². The van der Waals surface area contributed by atoms with Gasteiger partial charge in [0.2, 0.25) is 0 Å². The smallest absolute Gasteiger partial charge is 0.122 e. The molecule has 0 saturated heterocycles. The van der Waals surface area contributed by atoms with Crippen LogP contribution in [0.4, 0.5) is 5.69 Å². The Hall–Kier alpha value is -2.00. The topological polar surface area (TPSA) is 35.8 Å². The van der Waals surface area contributed by atoms with Gasteiger partial charge in [-0.15, -0.1) is 0 Å². The molecule has 0 saturated carbocycles. The number of phenols is 1. The van der Waals surface area contributed by atoms with Gasteiger partial charge in [-0.3, -0.25) is 4.99 Å². The zero-order valence-corrected chi connectivity index (χ0v) is 11.2. The lowest BCUT2D eigenvalue weighted by molar-refractivity contribution is 0.475. The van der Waals surface area contributed by atoms with Gasteiger partial charge < -0.3 is 10.0 Å². The summed E-state index contributed by atoms with van der Waals surface area (Å²) >= 11 is 5.98. The first-order valence-corrected chi connectivity index (χ1v) is 6.44. The maximum atomic E-state index is 9.57. The molecule has 1 aliphatic rings. The van der Waals surface area contributed by atoms with Crippen molar-refractivity contribution in [2.45, 2.75) is 13.1 Å². The van der Waals surface area contributed by atoms with E-state index in [0.29, 0.717) is 5.02 Å². The van der Waals surface area contributed by atoms with E-state index in [0.717, 1.165) is 16.3 Å². The Kier molecular flexibility index (Phi) is 2.91. The van der Waals surface area contributed by atoms with Crippen LogP contribution in [-0.4, -0.2) is 11.3 Å². The molecule has 3 rings (SSSR count). The molecule has 1 N–H and O–H groups in total. The summed E-state index contributed by atoms with van der Waals surface area (Å²) in [6.45, 7) is 2.00. The lowest BCUT2D eigenvalue weighted by atomic mass is 10.2. The number of fused-ring (bicyclic) bond motifs is 1. The minimum absolute atomic E-state index is 0.0345. The summed E-state index contributed by atoms with van der Waals surface area (Å²) in [6, 6.07) is 12.8. The fraction of sp³-hybridized carbons (Fsp3) is 0.133. The molecular weight excluding hydrogens is 260 g/mol. The van der Waals surface area contributed by atoms with Crippen LogP contribution < -0.4 is 15.5 Å². The van der Waals surface area contributed by atoms with Crippen LogP contribution in [0.5, 0.6) is 5.75 Å². The molecule has 0 aromatic heterocycles. The fourth-order valence-corrected chi connectivity index (χ4v) is 2.37. The summed E-state index contributed by atoms with van der Waals surface area (Å²) in [5, 5.41) is 12.2. The van der Waals surface area contributed by atoms with Crippen molar-refractivity contribution in [2.24, 2.45) is 4.99 Å². The lowest BCUT2D eigenvalue weighted by Crippen LogP contribution is -2.40. The predicted molar refractivity (Wildman–Crippen MR) is 76.7 cm³/mol. The highest BCUT2D eigenvalue weighted by atomic mass is 35.5. The van der Waals surface area contributed by atoms with E-state index in [1.165, 1.54) is 0 Å². The number of hydrogen-bond donors (Lipinski definition) is 1. The van der Waals surface area contributed by atoms with E-state index in [4.69, 9.17) is 11.6 Å². The molecule has 0 aliphatic carbocycles. The van der Waals surface area contributed by atoms with Crippen molar-refractivity contribution in [3.63, 3.8) is 0 Å². The Morgan fingerprint density at radius 2 is 2.05 bits per heavy atom. The zero-order chi connectivity index (χ0) is 13.4.